The van der Waals surface area contributed by atoms with E-state index >= 15 is 0 Å². The predicted octanol–water partition coefficient (Wildman–Crippen LogP) is 1.07. The van der Waals surface area contributed by atoms with Gasteiger partial charge in [0.15, 0.2) is 9.84 Å². The maximum Gasteiger partial charge on any atom is 0.150 e. The number of hydrogen-bond donors (Lipinski definition) is 1. The molecule has 5 nitrogen and oxygen atoms in total. The van der Waals surface area contributed by atoms with Crippen molar-refractivity contribution in [2.75, 3.05) is 36.0 Å². The van der Waals surface area contributed by atoms with Crippen molar-refractivity contribution in [1.82, 2.24) is 10.3 Å². The van der Waals surface area contributed by atoms with Gasteiger partial charge in [-0.05, 0) is 43.9 Å². The van der Waals surface area contributed by atoms with Gasteiger partial charge in [-0.3, -0.25) is 0 Å². The molecule has 2 saturated heterocycles. The molecule has 0 aromatic carbocycles. The minimum absolute atomic E-state index is 0.309. The van der Waals surface area contributed by atoms with Crippen molar-refractivity contribution >= 4 is 15.7 Å². The van der Waals surface area contributed by atoms with Crippen molar-refractivity contribution in [2.45, 2.75) is 25.3 Å². The second-order valence-corrected chi connectivity index (χ2v) is 8.36. The Morgan fingerprint density at radius 3 is 2.67 bits per heavy atom. The standard InChI is InChI=1S/C15H23N3O2S/c19-21(20)10-6-13(12-21)11-17-14-4-8-18(9-5-14)15-3-1-2-7-16-15/h1-3,7,13-14,17H,4-6,8-12H2. The van der Waals surface area contributed by atoms with Crippen LogP contribution in [-0.2, 0) is 9.84 Å². The van der Waals surface area contributed by atoms with E-state index in [0.29, 0.717) is 23.5 Å². The Morgan fingerprint density at radius 2 is 2.05 bits per heavy atom. The molecule has 0 radical (unpaired) electrons. The summed E-state index contributed by atoms with van der Waals surface area (Å²) < 4.78 is 22.9. The summed E-state index contributed by atoms with van der Waals surface area (Å²) in [5.41, 5.74) is 0. The predicted molar refractivity (Wildman–Crippen MR) is 84.2 cm³/mol. The minimum atomic E-state index is -2.75. The summed E-state index contributed by atoms with van der Waals surface area (Å²) in [6.07, 6.45) is 4.84. The maximum absolute atomic E-state index is 11.5. The number of rotatable bonds is 4. The SMILES string of the molecule is O=S1(=O)CCC(CNC2CCN(c3ccccn3)CC2)C1. The Labute approximate surface area is 126 Å². The van der Waals surface area contributed by atoms with E-state index in [-0.39, 0.29) is 0 Å². The normalized spacial score (nSPS) is 26.1. The summed E-state index contributed by atoms with van der Waals surface area (Å²) in [7, 11) is -2.75. The van der Waals surface area contributed by atoms with Crippen LogP contribution in [0.25, 0.3) is 0 Å². The number of nitrogens with zero attached hydrogens (tertiary/aromatic N) is 2. The molecule has 1 aromatic heterocycles. The van der Waals surface area contributed by atoms with E-state index in [1.807, 2.05) is 18.3 Å². The number of hydrogen-bond acceptors (Lipinski definition) is 5. The van der Waals surface area contributed by atoms with Gasteiger partial charge in [0.2, 0.25) is 0 Å². The van der Waals surface area contributed by atoms with Gasteiger partial charge in [-0.15, -0.1) is 0 Å². The van der Waals surface area contributed by atoms with Gasteiger partial charge in [-0.2, -0.15) is 0 Å². The molecule has 0 saturated carbocycles. The van der Waals surface area contributed by atoms with Crippen LogP contribution >= 0.6 is 0 Å². The van der Waals surface area contributed by atoms with Crippen LogP contribution in [0.4, 0.5) is 5.82 Å². The molecule has 0 amide bonds. The molecule has 0 aliphatic carbocycles. The highest BCUT2D eigenvalue weighted by Gasteiger charge is 2.28. The Kier molecular flexibility index (Phi) is 4.45. The fourth-order valence-corrected chi connectivity index (χ4v) is 5.08. The number of pyridine rings is 1. The van der Waals surface area contributed by atoms with Crippen LogP contribution in [0.2, 0.25) is 0 Å². The zero-order valence-electron chi connectivity index (χ0n) is 12.2. The van der Waals surface area contributed by atoms with Crippen LogP contribution in [0, 0.1) is 5.92 Å². The average molecular weight is 309 g/mol. The molecule has 3 heterocycles. The molecule has 2 aliphatic heterocycles. The first-order valence-corrected chi connectivity index (χ1v) is 9.54. The Bertz CT molecular complexity index is 554. The summed E-state index contributed by atoms with van der Waals surface area (Å²) in [6, 6.07) is 6.52. The van der Waals surface area contributed by atoms with Gasteiger partial charge < -0.3 is 10.2 Å². The van der Waals surface area contributed by atoms with E-state index in [4.69, 9.17) is 0 Å². The largest absolute Gasteiger partial charge is 0.357 e. The van der Waals surface area contributed by atoms with Gasteiger partial charge in [0.25, 0.3) is 0 Å². The molecule has 0 bridgehead atoms. The molecule has 116 valence electrons. The van der Waals surface area contributed by atoms with Crippen molar-refractivity contribution in [3.8, 4) is 0 Å². The maximum atomic E-state index is 11.5. The van der Waals surface area contributed by atoms with E-state index in [2.05, 4.69) is 21.3 Å². The Morgan fingerprint density at radius 1 is 1.24 bits per heavy atom. The highest BCUT2D eigenvalue weighted by molar-refractivity contribution is 7.91. The number of anilines is 1. The van der Waals surface area contributed by atoms with E-state index in [9.17, 15) is 8.42 Å². The Balaban J connectivity index is 1.42. The van der Waals surface area contributed by atoms with Crippen LogP contribution in [0.15, 0.2) is 24.4 Å². The van der Waals surface area contributed by atoms with Crippen LogP contribution in [0.1, 0.15) is 19.3 Å². The van der Waals surface area contributed by atoms with Crippen molar-refractivity contribution in [3.05, 3.63) is 24.4 Å². The summed E-state index contributed by atoms with van der Waals surface area (Å²) in [5, 5.41) is 3.56. The lowest BCUT2D eigenvalue weighted by Crippen LogP contribution is -2.44. The van der Waals surface area contributed by atoms with E-state index < -0.39 is 9.84 Å². The first kappa shape index (κ1) is 14.8. The van der Waals surface area contributed by atoms with Gasteiger partial charge in [0.05, 0.1) is 11.5 Å². The summed E-state index contributed by atoms with van der Waals surface area (Å²) >= 11 is 0. The monoisotopic (exact) mass is 309 g/mol. The molecule has 2 fully saturated rings. The van der Waals surface area contributed by atoms with Gasteiger partial charge >= 0.3 is 0 Å². The van der Waals surface area contributed by atoms with Gasteiger partial charge in [-0.25, -0.2) is 13.4 Å². The Hall–Kier alpha value is -1.14. The third kappa shape index (κ3) is 3.95. The molecule has 1 aromatic rings. The average Bonchev–Trinajstić information content (AvgIpc) is 2.86. The molecule has 6 heteroatoms. The lowest BCUT2D eigenvalue weighted by molar-refractivity contribution is 0.385. The van der Waals surface area contributed by atoms with E-state index in [1.54, 1.807) is 0 Å². The highest BCUT2D eigenvalue weighted by atomic mass is 32.2. The lowest BCUT2D eigenvalue weighted by Gasteiger charge is -2.33. The van der Waals surface area contributed by atoms with Crippen molar-refractivity contribution in [2.24, 2.45) is 5.92 Å². The molecule has 3 rings (SSSR count). The molecule has 1 atom stereocenters. The van der Waals surface area contributed by atoms with E-state index in [1.165, 1.54) is 0 Å². The molecule has 1 N–H and O–H groups in total. The molecular weight excluding hydrogens is 286 g/mol. The van der Waals surface area contributed by atoms with Crippen LogP contribution < -0.4 is 10.2 Å². The smallest absolute Gasteiger partial charge is 0.150 e. The summed E-state index contributed by atoms with van der Waals surface area (Å²) in [6.45, 7) is 2.86. The topological polar surface area (TPSA) is 62.3 Å². The molecule has 1 unspecified atom stereocenters. The number of sulfone groups is 1. The molecular formula is C15H23N3O2S. The number of piperidine rings is 1. The van der Waals surface area contributed by atoms with Crippen LogP contribution in [0.5, 0.6) is 0 Å². The lowest BCUT2D eigenvalue weighted by atomic mass is 10.0. The van der Waals surface area contributed by atoms with E-state index in [0.717, 1.165) is 44.7 Å². The molecule has 0 spiro atoms. The van der Waals surface area contributed by atoms with Gasteiger partial charge in [0, 0.05) is 25.3 Å². The van der Waals surface area contributed by atoms with Crippen LogP contribution in [0.3, 0.4) is 0 Å². The second-order valence-electron chi connectivity index (χ2n) is 6.13. The summed E-state index contributed by atoms with van der Waals surface area (Å²) in [4.78, 5) is 6.71. The molecule has 2 aliphatic rings. The quantitative estimate of drug-likeness (QED) is 0.901. The fraction of sp³-hybridized carbons (Fsp3) is 0.667. The fourth-order valence-electron chi connectivity index (χ4n) is 3.22. The minimum Gasteiger partial charge on any atom is -0.357 e. The zero-order valence-corrected chi connectivity index (χ0v) is 13.1. The third-order valence-corrected chi connectivity index (χ3v) is 6.33. The van der Waals surface area contributed by atoms with Crippen molar-refractivity contribution in [1.29, 1.82) is 0 Å². The zero-order chi connectivity index (χ0) is 14.7. The number of nitrogens with one attached hydrogen (secondary N) is 1. The number of aromatic nitrogens is 1. The van der Waals surface area contributed by atoms with Gasteiger partial charge in [0.1, 0.15) is 5.82 Å². The van der Waals surface area contributed by atoms with Crippen molar-refractivity contribution in [3.63, 3.8) is 0 Å². The van der Waals surface area contributed by atoms with Gasteiger partial charge in [-0.1, -0.05) is 6.07 Å². The van der Waals surface area contributed by atoms with Crippen LogP contribution in [-0.4, -0.2) is 50.6 Å². The third-order valence-electron chi connectivity index (χ3n) is 4.49. The highest BCUT2D eigenvalue weighted by Crippen LogP contribution is 2.20. The molecule has 21 heavy (non-hydrogen) atoms. The second kappa shape index (κ2) is 6.32. The van der Waals surface area contributed by atoms with Crippen molar-refractivity contribution < 1.29 is 8.42 Å². The summed E-state index contributed by atoms with van der Waals surface area (Å²) in [5.74, 6) is 2.10. The first-order chi connectivity index (χ1) is 10.1. The first-order valence-electron chi connectivity index (χ1n) is 7.72.